The third kappa shape index (κ3) is 3.88. The van der Waals surface area contributed by atoms with E-state index in [2.05, 4.69) is 4.98 Å². The van der Waals surface area contributed by atoms with Gasteiger partial charge in [0.25, 0.3) is 0 Å². The molecular weight excluding hydrogens is 388 g/mol. The molecular formula is C22H24N2O4S. The molecule has 0 atom stereocenters. The number of fused-ring (bicyclic) bond motifs is 1. The average molecular weight is 413 g/mol. The lowest BCUT2D eigenvalue weighted by Gasteiger charge is -2.19. The van der Waals surface area contributed by atoms with E-state index in [1.165, 1.54) is 22.5 Å². The summed E-state index contributed by atoms with van der Waals surface area (Å²) in [5.74, 6) is -1.13. The van der Waals surface area contributed by atoms with Crippen molar-refractivity contribution < 1.29 is 18.3 Å². The number of hydrogen-bond donors (Lipinski definition) is 1. The molecule has 7 heteroatoms. The van der Waals surface area contributed by atoms with Gasteiger partial charge in [0, 0.05) is 24.0 Å². The minimum Gasteiger partial charge on any atom is -0.478 e. The van der Waals surface area contributed by atoms with Gasteiger partial charge >= 0.3 is 5.97 Å². The van der Waals surface area contributed by atoms with Crippen LogP contribution in [0.5, 0.6) is 0 Å². The minimum absolute atomic E-state index is 0.0276. The topological polar surface area (TPSA) is 87.6 Å². The molecule has 3 aromatic rings. The molecule has 0 radical (unpaired) electrons. The van der Waals surface area contributed by atoms with Crippen LogP contribution in [0.3, 0.4) is 0 Å². The van der Waals surface area contributed by atoms with Crippen molar-refractivity contribution in [3.05, 3.63) is 59.2 Å². The summed E-state index contributed by atoms with van der Waals surface area (Å²) in [5.41, 5.74) is 4.05. The summed E-state index contributed by atoms with van der Waals surface area (Å²) in [6.07, 6.45) is 0. The SMILES string of the molecule is CCN(CC)S(=O)(=O)c1ccc2nc(-c3ccc(C)c(C)c3)cc(C(=O)O)c2c1. The van der Waals surface area contributed by atoms with Crippen molar-refractivity contribution in [3.8, 4) is 11.3 Å². The molecule has 0 aliphatic heterocycles. The van der Waals surface area contributed by atoms with Gasteiger partial charge in [-0.3, -0.25) is 0 Å². The Balaban J connectivity index is 2.23. The predicted octanol–water partition coefficient (Wildman–Crippen LogP) is 4.25. The van der Waals surface area contributed by atoms with E-state index in [4.69, 9.17) is 0 Å². The third-order valence-electron chi connectivity index (χ3n) is 5.16. The Morgan fingerprint density at radius 2 is 1.69 bits per heavy atom. The molecule has 0 amide bonds. The molecule has 0 saturated heterocycles. The predicted molar refractivity (Wildman–Crippen MR) is 114 cm³/mol. The summed E-state index contributed by atoms with van der Waals surface area (Å²) in [7, 11) is -3.70. The molecule has 0 spiro atoms. The van der Waals surface area contributed by atoms with Crippen molar-refractivity contribution in [2.75, 3.05) is 13.1 Å². The average Bonchev–Trinajstić information content (AvgIpc) is 2.69. The fourth-order valence-electron chi connectivity index (χ4n) is 3.30. The van der Waals surface area contributed by atoms with E-state index in [0.717, 1.165) is 16.7 Å². The summed E-state index contributed by atoms with van der Waals surface area (Å²) in [6.45, 7) is 8.21. The molecule has 2 aromatic carbocycles. The molecule has 29 heavy (non-hydrogen) atoms. The highest BCUT2D eigenvalue weighted by Crippen LogP contribution is 2.29. The number of aromatic carboxylic acids is 1. The molecule has 1 heterocycles. The lowest BCUT2D eigenvalue weighted by molar-refractivity contribution is 0.0699. The van der Waals surface area contributed by atoms with Gasteiger partial charge in [0.2, 0.25) is 10.0 Å². The van der Waals surface area contributed by atoms with Gasteiger partial charge in [-0.1, -0.05) is 26.0 Å². The summed E-state index contributed by atoms with van der Waals surface area (Å²) < 4.78 is 27.0. The van der Waals surface area contributed by atoms with Crippen molar-refractivity contribution >= 4 is 26.9 Å². The Morgan fingerprint density at radius 1 is 1.00 bits per heavy atom. The van der Waals surface area contributed by atoms with Gasteiger partial charge in [-0.2, -0.15) is 4.31 Å². The fraction of sp³-hybridized carbons (Fsp3) is 0.273. The van der Waals surface area contributed by atoms with Crippen LogP contribution in [0.15, 0.2) is 47.4 Å². The monoisotopic (exact) mass is 412 g/mol. The van der Waals surface area contributed by atoms with E-state index in [0.29, 0.717) is 29.7 Å². The summed E-state index contributed by atoms with van der Waals surface area (Å²) in [4.78, 5) is 16.6. The highest BCUT2D eigenvalue weighted by molar-refractivity contribution is 7.89. The summed E-state index contributed by atoms with van der Waals surface area (Å²) >= 11 is 0. The van der Waals surface area contributed by atoms with E-state index < -0.39 is 16.0 Å². The number of carboxylic acid groups (broad SMARTS) is 1. The van der Waals surface area contributed by atoms with Crippen LogP contribution in [0.25, 0.3) is 22.2 Å². The Labute approximate surface area is 170 Å². The van der Waals surface area contributed by atoms with E-state index in [-0.39, 0.29) is 10.5 Å². The molecule has 3 rings (SSSR count). The molecule has 6 nitrogen and oxygen atoms in total. The lowest BCUT2D eigenvalue weighted by Crippen LogP contribution is -2.30. The van der Waals surface area contributed by atoms with Crippen molar-refractivity contribution in [3.63, 3.8) is 0 Å². The van der Waals surface area contributed by atoms with Crippen molar-refractivity contribution in [2.24, 2.45) is 0 Å². The number of sulfonamides is 1. The van der Waals surface area contributed by atoms with Gasteiger partial charge in [-0.05, 0) is 55.3 Å². The molecule has 0 unspecified atom stereocenters. The number of aromatic nitrogens is 1. The number of benzene rings is 2. The van der Waals surface area contributed by atoms with E-state index in [9.17, 15) is 18.3 Å². The second kappa shape index (κ2) is 7.93. The fourth-order valence-corrected chi connectivity index (χ4v) is 4.79. The first kappa shape index (κ1) is 21.0. The normalized spacial score (nSPS) is 11.9. The number of rotatable bonds is 6. The first-order chi connectivity index (χ1) is 13.7. The number of aryl methyl sites for hydroxylation is 2. The van der Waals surface area contributed by atoms with Crippen LogP contribution < -0.4 is 0 Å². The maximum Gasteiger partial charge on any atom is 0.336 e. The maximum atomic E-state index is 12.8. The largest absolute Gasteiger partial charge is 0.478 e. The molecule has 0 saturated carbocycles. The van der Waals surface area contributed by atoms with E-state index in [1.54, 1.807) is 19.9 Å². The van der Waals surface area contributed by atoms with E-state index in [1.807, 2.05) is 32.0 Å². The van der Waals surface area contributed by atoms with Crippen molar-refractivity contribution in [1.82, 2.24) is 9.29 Å². The van der Waals surface area contributed by atoms with Crippen LogP contribution in [-0.4, -0.2) is 41.9 Å². The lowest BCUT2D eigenvalue weighted by atomic mass is 10.0. The molecule has 0 aliphatic rings. The van der Waals surface area contributed by atoms with Gasteiger partial charge < -0.3 is 5.11 Å². The van der Waals surface area contributed by atoms with Gasteiger partial charge in [0.15, 0.2) is 0 Å². The Hall–Kier alpha value is -2.77. The zero-order valence-corrected chi connectivity index (χ0v) is 17.7. The van der Waals surface area contributed by atoms with Gasteiger partial charge in [0.1, 0.15) is 0 Å². The Bertz CT molecular complexity index is 1200. The highest BCUT2D eigenvalue weighted by Gasteiger charge is 2.23. The zero-order chi connectivity index (χ0) is 21.3. The highest BCUT2D eigenvalue weighted by atomic mass is 32.2. The summed E-state index contributed by atoms with van der Waals surface area (Å²) in [6, 6.07) is 11.8. The van der Waals surface area contributed by atoms with Gasteiger partial charge in [-0.25, -0.2) is 18.2 Å². The molecule has 152 valence electrons. The van der Waals surface area contributed by atoms with Gasteiger partial charge in [0.05, 0.1) is 21.7 Å². The summed E-state index contributed by atoms with van der Waals surface area (Å²) in [5, 5.41) is 10.1. The van der Waals surface area contributed by atoms with Crippen molar-refractivity contribution in [1.29, 1.82) is 0 Å². The quantitative estimate of drug-likeness (QED) is 0.654. The van der Waals surface area contributed by atoms with Crippen LogP contribution in [0.2, 0.25) is 0 Å². The number of carboxylic acids is 1. The van der Waals surface area contributed by atoms with Crippen LogP contribution in [0.4, 0.5) is 0 Å². The number of pyridine rings is 1. The van der Waals surface area contributed by atoms with Crippen LogP contribution in [0.1, 0.15) is 35.3 Å². The Morgan fingerprint density at radius 3 is 2.28 bits per heavy atom. The van der Waals surface area contributed by atoms with Crippen LogP contribution in [-0.2, 0) is 10.0 Å². The number of hydrogen-bond acceptors (Lipinski definition) is 4. The van der Waals surface area contributed by atoms with Crippen LogP contribution >= 0.6 is 0 Å². The third-order valence-corrected chi connectivity index (χ3v) is 7.20. The van der Waals surface area contributed by atoms with Crippen molar-refractivity contribution in [2.45, 2.75) is 32.6 Å². The molecule has 1 N–H and O–H groups in total. The van der Waals surface area contributed by atoms with Gasteiger partial charge in [-0.15, -0.1) is 0 Å². The van der Waals surface area contributed by atoms with E-state index >= 15 is 0 Å². The number of carbonyl (C=O) groups is 1. The maximum absolute atomic E-state index is 12.8. The molecule has 1 aromatic heterocycles. The van der Waals surface area contributed by atoms with Crippen LogP contribution in [0, 0.1) is 13.8 Å². The smallest absolute Gasteiger partial charge is 0.336 e. The molecule has 0 fully saturated rings. The standard InChI is InChI=1S/C22H24N2O4S/c1-5-24(6-2)29(27,28)17-9-10-20-18(12-17)19(22(25)26)13-21(23-20)16-8-7-14(3)15(4)11-16/h7-13H,5-6H2,1-4H3,(H,25,26). The first-order valence-electron chi connectivity index (χ1n) is 9.45. The zero-order valence-electron chi connectivity index (χ0n) is 16.9. The second-order valence-electron chi connectivity index (χ2n) is 6.93. The molecule has 0 bridgehead atoms. The number of nitrogens with zero attached hydrogens (tertiary/aromatic N) is 2. The first-order valence-corrected chi connectivity index (χ1v) is 10.9. The Kier molecular flexibility index (Phi) is 5.73. The minimum atomic E-state index is -3.70. The second-order valence-corrected chi connectivity index (χ2v) is 8.87. The molecule has 0 aliphatic carbocycles.